The Hall–Kier alpha value is -2.21. The van der Waals surface area contributed by atoms with E-state index in [0.29, 0.717) is 0 Å². The second-order valence-corrected chi connectivity index (χ2v) is 2.77. The van der Waals surface area contributed by atoms with E-state index in [1.165, 1.54) is 12.2 Å². The van der Waals surface area contributed by atoms with Gasteiger partial charge in [-0.2, -0.15) is 0 Å². The van der Waals surface area contributed by atoms with Crippen molar-refractivity contribution in [2.45, 2.75) is 0 Å². The van der Waals surface area contributed by atoms with E-state index in [0.717, 1.165) is 5.56 Å². The van der Waals surface area contributed by atoms with E-state index in [1.54, 1.807) is 24.5 Å². The number of hydrogen-bond donors (Lipinski definition) is 2. The number of aliphatic carboxylic acids is 1. The van der Waals surface area contributed by atoms with Crippen LogP contribution in [-0.2, 0) is 14.4 Å². The minimum Gasteiger partial charge on any atom is -0.479 e. The van der Waals surface area contributed by atoms with Crippen LogP contribution in [0, 0.1) is 0 Å². The molecule has 0 bridgehead atoms. The smallest absolute Gasteiger partial charge is 0.332 e. The van der Waals surface area contributed by atoms with Crippen molar-refractivity contribution in [3.8, 4) is 0 Å². The molecule has 16 heavy (non-hydrogen) atoms. The largest absolute Gasteiger partial charge is 0.479 e. The van der Waals surface area contributed by atoms with Crippen molar-refractivity contribution in [3.63, 3.8) is 0 Å². The average molecular weight is 222 g/mol. The van der Waals surface area contributed by atoms with E-state index in [9.17, 15) is 9.59 Å². The summed E-state index contributed by atoms with van der Waals surface area (Å²) in [7, 11) is 0. The molecule has 0 aliphatic carbocycles. The van der Waals surface area contributed by atoms with Crippen LogP contribution in [0.1, 0.15) is 5.56 Å². The third kappa shape index (κ3) is 4.87. The normalized spacial score (nSPS) is 10.2. The molecule has 6 nitrogen and oxygen atoms in total. The van der Waals surface area contributed by atoms with E-state index in [-0.39, 0.29) is 0 Å². The summed E-state index contributed by atoms with van der Waals surface area (Å²) < 4.78 is 0. The van der Waals surface area contributed by atoms with E-state index < -0.39 is 18.5 Å². The highest BCUT2D eigenvalue weighted by atomic mass is 16.7. The van der Waals surface area contributed by atoms with Gasteiger partial charge in [0.2, 0.25) is 0 Å². The Bertz CT molecular complexity index is 389. The maximum Gasteiger partial charge on any atom is 0.332 e. The maximum atomic E-state index is 11.1. The van der Waals surface area contributed by atoms with Gasteiger partial charge in [-0.15, -0.1) is 0 Å². The Balaban J connectivity index is 2.34. The summed E-state index contributed by atoms with van der Waals surface area (Å²) in [5.74, 6) is -1.69. The standard InChI is InChI=1S/C10H10N2O4/c13-9(12-16-7-10(14)15)4-3-8-2-1-5-11-6-8/h1-6H,7H2,(H,12,13)(H,14,15). The van der Waals surface area contributed by atoms with E-state index in [4.69, 9.17) is 5.11 Å². The highest BCUT2D eigenvalue weighted by Crippen LogP contribution is 1.97. The van der Waals surface area contributed by atoms with Crippen molar-refractivity contribution in [1.29, 1.82) is 0 Å². The van der Waals surface area contributed by atoms with Gasteiger partial charge >= 0.3 is 5.97 Å². The van der Waals surface area contributed by atoms with Gasteiger partial charge in [0.05, 0.1) is 0 Å². The van der Waals surface area contributed by atoms with Crippen LogP contribution in [0.5, 0.6) is 0 Å². The minimum absolute atomic E-state index is 0.537. The van der Waals surface area contributed by atoms with Crippen molar-refractivity contribution in [3.05, 3.63) is 36.2 Å². The number of nitrogens with zero attached hydrogens (tertiary/aromatic N) is 1. The summed E-state index contributed by atoms with van der Waals surface area (Å²) in [6.07, 6.45) is 5.96. The summed E-state index contributed by atoms with van der Waals surface area (Å²) in [6.45, 7) is -0.577. The molecule has 1 amide bonds. The second kappa shape index (κ2) is 6.31. The first-order chi connectivity index (χ1) is 7.68. The molecule has 1 heterocycles. The van der Waals surface area contributed by atoms with Gasteiger partial charge in [0.15, 0.2) is 6.61 Å². The van der Waals surface area contributed by atoms with Gasteiger partial charge in [-0.25, -0.2) is 10.3 Å². The monoisotopic (exact) mass is 222 g/mol. The number of rotatable bonds is 5. The molecule has 0 aliphatic heterocycles. The molecule has 0 saturated heterocycles. The Kier molecular flexibility index (Phi) is 4.68. The van der Waals surface area contributed by atoms with Crippen LogP contribution >= 0.6 is 0 Å². The zero-order valence-corrected chi connectivity index (χ0v) is 8.29. The van der Waals surface area contributed by atoms with Gasteiger partial charge in [-0.3, -0.25) is 14.6 Å². The molecule has 0 spiro atoms. The third-order valence-electron chi connectivity index (χ3n) is 1.48. The maximum absolute atomic E-state index is 11.1. The van der Waals surface area contributed by atoms with Crippen molar-refractivity contribution in [1.82, 2.24) is 10.5 Å². The van der Waals surface area contributed by atoms with Gasteiger partial charge in [0.1, 0.15) is 0 Å². The van der Waals surface area contributed by atoms with Crippen molar-refractivity contribution in [2.75, 3.05) is 6.61 Å². The van der Waals surface area contributed by atoms with Crippen LogP contribution in [0.15, 0.2) is 30.6 Å². The fraction of sp³-hybridized carbons (Fsp3) is 0.100. The lowest BCUT2D eigenvalue weighted by Crippen LogP contribution is -2.24. The predicted molar refractivity (Wildman–Crippen MR) is 55.0 cm³/mol. The topological polar surface area (TPSA) is 88.5 Å². The second-order valence-electron chi connectivity index (χ2n) is 2.77. The Morgan fingerprint density at radius 1 is 1.56 bits per heavy atom. The average Bonchev–Trinajstić information content (AvgIpc) is 2.27. The lowest BCUT2D eigenvalue weighted by Gasteiger charge is -1.99. The number of hydroxylamine groups is 1. The Morgan fingerprint density at radius 3 is 3.00 bits per heavy atom. The molecule has 0 unspecified atom stereocenters. The van der Waals surface area contributed by atoms with Crippen LogP contribution in [0.2, 0.25) is 0 Å². The highest BCUT2D eigenvalue weighted by Gasteiger charge is 1.98. The number of aromatic nitrogens is 1. The van der Waals surface area contributed by atoms with Crippen molar-refractivity contribution >= 4 is 18.0 Å². The molecule has 1 rings (SSSR count). The zero-order chi connectivity index (χ0) is 11.8. The molecule has 1 aromatic rings. The van der Waals surface area contributed by atoms with E-state index in [1.807, 2.05) is 5.48 Å². The van der Waals surface area contributed by atoms with Crippen molar-refractivity contribution in [2.24, 2.45) is 0 Å². The van der Waals surface area contributed by atoms with Crippen LogP contribution in [0.4, 0.5) is 0 Å². The molecule has 1 aromatic heterocycles. The van der Waals surface area contributed by atoms with Crippen LogP contribution in [0.25, 0.3) is 6.08 Å². The minimum atomic E-state index is -1.16. The molecule has 0 aliphatic rings. The molecule has 0 fully saturated rings. The summed E-state index contributed by atoms with van der Waals surface area (Å²) in [4.78, 5) is 29.4. The van der Waals surface area contributed by atoms with Crippen molar-refractivity contribution < 1.29 is 19.5 Å². The van der Waals surface area contributed by atoms with Gasteiger partial charge in [-0.1, -0.05) is 6.07 Å². The number of hydrogen-bond acceptors (Lipinski definition) is 4. The lowest BCUT2D eigenvalue weighted by atomic mass is 10.2. The SMILES string of the molecule is O=C(O)CONC(=O)C=Cc1cccnc1. The van der Waals surface area contributed by atoms with E-state index in [2.05, 4.69) is 9.82 Å². The number of carbonyl (C=O) groups excluding carboxylic acids is 1. The number of carbonyl (C=O) groups is 2. The molecule has 0 radical (unpaired) electrons. The predicted octanol–water partition coefficient (Wildman–Crippen LogP) is 0.227. The number of carboxylic acid groups (broad SMARTS) is 1. The molecule has 0 atom stereocenters. The Labute approximate surface area is 91.5 Å². The van der Waals surface area contributed by atoms with Gasteiger partial charge in [0, 0.05) is 18.5 Å². The van der Waals surface area contributed by atoms with Crippen LogP contribution in [-0.4, -0.2) is 28.6 Å². The molecule has 0 saturated carbocycles. The molecular formula is C10H10N2O4. The molecule has 2 N–H and O–H groups in total. The lowest BCUT2D eigenvalue weighted by molar-refractivity contribution is -0.147. The molecule has 6 heteroatoms. The highest BCUT2D eigenvalue weighted by molar-refractivity contribution is 5.90. The van der Waals surface area contributed by atoms with Gasteiger partial charge < -0.3 is 5.11 Å². The quantitative estimate of drug-likeness (QED) is 0.549. The van der Waals surface area contributed by atoms with Gasteiger partial charge in [-0.05, 0) is 17.7 Å². The molecular weight excluding hydrogens is 212 g/mol. The number of carboxylic acids is 1. The third-order valence-corrected chi connectivity index (χ3v) is 1.48. The summed E-state index contributed by atoms with van der Waals surface area (Å²) in [6, 6.07) is 3.51. The fourth-order valence-corrected chi connectivity index (χ4v) is 0.849. The fourth-order valence-electron chi connectivity index (χ4n) is 0.849. The first-order valence-corrected chi connectivity index (χ1v) is 4.40. The first-order valence-electron chi connectivity index (χ1n) is 4.40. The number of amides is 1. The summed E-state index contributed by atoms with van der Waals surface area (Å²) in [5.41, 5.74) is 2.72. The summed E-state index contributed by atoms with van der Waals surface area (Å²) in [5, 5.41) is 8.23. The number of pyridine rings is 1. The van der Waals surface area contributed by atoms with Gasteiger partial charge in [0.25, 0.3) is 5.91 Å². The Morgan fingerprint density at radius 2 is 2.38 bits per heavy atom. The molecule has 84 valence electrons. The number of nitrogens with one attached hydrogen (secondary N) is 1. The zero-order valence-electron chi connectivity index (χ0n) is 8.29. The van der Waals surface area contributed by atoms with Crippen LogP contribution < -0.4 is 5.48 Å². The summed E-state index contributed by atoms with van der Waals surface area (Å²) >= 11 is 0. The van der Waals surface area contributed by atoms with E-state index >= 15 is 0 Å². The van der Waals surface area contributed by atoms with Crippen LogP contribution in [0.3, 0.4) is 0 Å². The first kappa shape index (κ1) is 11.9. The molecule has 0 aromatic carbocycles.